The summed E-state index contributed by atoms with van der Waals surface area (Å²) in [6.07, 6.45) is 2.23. The third kappa shape index (κ3) is 4.16. The van der Waals surface area contributed by atoms with Crippen molar-refractivity contribution < 1.29 is 21.6 Å². The number of aromatic nitrogens is 2. The predicted molar refractivity (Wildman–Crippen MR) is 111 cm³/mol. The summed E-state index contributed by atoms with van der Waals surface area (Å²) >= 11 is 0. The van der Waals surface area contributed by atoms with Gasteiger partial charge in [-0.1, -0.05) is 30.2 Å². The molecule has 1 aliphatic carbocycles. The molecule has 1 aromatic carbocycles. The zero-order valence-electron chi connectivity index (χ0n) is 17.1. The van der Waals surface area contributed by atoms with E-state index in [1.807, 2.05) is 6.92 Å². The van der Waals surface area contributed by atoms with Gasteiger partial charge in [-0.05, 0) is 55.4 Å². The van der Waals surface area contributed by atoms with Crippen molar-refractivity contribution in [1.29, 1.82) is 0 Å². The van der Waals surface area contributed by atoms with E-state index >= 15 is 0 Å². The Morgan fingerprint density at radius 1 is 1.25 bits per heavy atom. The van der Waals surface area contributed by atoms with Crippen molar-refractivity contribution in [1.82, 2.24) is 9.55 Å². The number of fused-ring (bicyclic) bond motifs is 1. The van der Waals surface area contributed by atoms with Crippen molar-refractivity contribution in [3.63, 3.8) is 0 Å². The second kappa shape index (κ2) is 8.59. The van der Waals surface area contributed by atoms with Gasteiger partial charge in [0.05, 0.1) is 12.2 Å². The summed E-state index contributed by atoms with van der Waals surface area (Å²) in [4.78, 5) is 10.4. The third-order valence-electron chi connectivity index (χ3n) is 5.18. The smallest absolute Gasteiger partial charge is 0.373 e. The van der Waals surface area contributed by atoms with E-state index in [-0.39, 0.29) is 41.4 Å². The van der Waals surface area contributed by atoms with E-state index < -0.39 is 15.5 Å². The highest BCUT2D eigenvalue weighted by molar-refractivity contribution is 7.93. The molecule has 1 aromatic heterocycles. The van der Waals surface area contributed by atoms with Crippen LogP contribution in [0.1, 0.15) is 43.7 Å². The lowest BCUT2D eigenvalue weighted by Crippen LogP contribution is -2.30. The maximum Gasteiger partial charge on any atom is 0.516 e. The van der Waals surface area contributed by atoms with Crippen LogP contribution in [0.3, 0.4) is 0 Å². The zero-order valence-corrected chi connectivity index (χ0v) is 17.9. The lowest BCUT2D eigenvalue weighted by atomic mass is 9.98. The highest BCUT2D eigenvalue weighted by Gasteiger charge is 2.46. The number of rotatable bonds is 6. The van der Waals surface area contributed by atoms with E-state index in [1.165, 1.54) is 16.7 Å². The molecule has 1 N–H and O–H groups in total. The summed E-state index contributed by atoms with van der Waals surface area (Å²) in [5.74, 6) is -0.185. The zero-order chi connectivity index (χ0) is 23.7. The number of alkyl halides is 3. The summed E-state index contributed by atoms with van der Waals surface area (Å²) < 4.78 is 65.3. The number of benzene rings is 1. The highest BCUT2D eigenvalue weighted by Crippen LogP contribution is 2.42. The second-order valence-electron chi connectivity index (χ2n) is 6.99. The molecule has 32 heavy (non-hydrogen) atoms. The molecule has 1 unspecified atom stereocenters. The van der Waals surface area contributed by atoms with Gasteiger partial charge in [-0.2, -0.15) is 21.6 Å². The molecule has 1 aliphatic rings. The van der Waals surface area contributed by atoms with Crippen molar-refractivity contribution in [3.05, 3.63) is 46.1 Å². The fourth-order valence-electron chi connectivity index (χ4n) is 3.59. The van der Waals surface area contributed by atoms with Gasteiger partial charge in [0.15, 0.2) is 0 Å². The molecule has 2 aromatic rings. The standard InChI is InChI=1S/C19H18F3N7O2S/c1-5-11-7-8-12-9-14(15(10-13(11)12)28-32(30,31)19(20,21)22)26-27-18-25-16(23-3)17(24-4)29(18)6-2/h9-11,28H,5-8H2,1-2H3. The van der Waals surface area contributed by atoms with Gasteiger partial charge in [0, 0.05) is 0 Å². The van der Waals surface area contributed by atoms with Crippen LogP contribution in [-0.2, 0) is 23.0 Å². The highest BCUT2D eigenvalue weighted by atomic mass is 32.2. The lowest BCUT2D eigenvalue weighted by Gasteiger charge is -2.15. The first kappa shape index (κ1) is 23.2. The molecule has 0 aliphatic heterocycles. The number of aryl methyl sites for hydroxylation is 1. The Morgan fingerprint density at radius 2 is 1.97 bits per heavy atom. The fourth-order valence-corrected chi connectivity index (χ4v) is 4.16. The van der Waals surface area contributed by atoms with Gasteiger partial charge < -0.3 is 9.69 Å². The normalized spacial score (nSPS) is 16.0. The third-order valence-corrected chi connectivity index (χ3v) is 6.28. The maximum atomic E-state index is 13.0. The quantitative estimate of drug-likeness (QED) is 0.411. The van der Waals surface area contributed by atoms with Gasteiger partial charge in [-0.3, -0.25) is 4.72 Å². The minimum atomic E-state index is -5.67. The van der Waals surface area contributed by atoms with Crippen molar-refractivity contribution in [2.24, 2.45) is 10.2 Å². The summed E-state index contributed by atoms with van der Waals surface area (Å²) in [5.41, 5.74) is -4.35. The molecular weight excluding hydrogens is 447 g/mol. The van der Waals surface area contributed by atoms with Crippen LogP contribution in [0.5, 0.6) is 0 Å². The van der Waals surface area contributed by atoms with E-state index in [2.05, 4.69) is 24.9 Å². The van der Waals surface area contributed by atoms with Crippen LogP contribution < -0.4 is 4.72 Å². The second-order valence-corrected chi connectivity index (χ2v) is 8.66. The first-order valence-corrected chi connectivity index (χ1v) is 11.1. The van der Waals surface area contributed by atoms with E-state index in [1.54, 1.807) is 11.6 Å². The summed E-state index contributed by atoms with van der Waals surface area (Å²) in [5, 5.41) is 7.86. The first-order chi connectivity index (χ1) is 15.1. The molecule has 3 rings (SSSR count). The van der Waals surface area contributed by atoms with Crippen LogP contribution >= 0.6 is 0 Å². The minimum absolute atomic E-state index is 0.0332. The molecule has 13 heteroatoms. The van der Waals surface area contributed by atoms with Gasteiger partial charge in [0.2, 0.25) is 0 Å². The predicted octanol–water partition coefficient (Wildman–Crippen LogP) is 6.12. The molecule has 0 radical (unpaired) electrons. The number of sulfonamides is 1. The average molecular weight is 465 g/mol. The van der Waals surface area contributed by atoms with Crippen LogP contribution in [-0.4, -0.2) is 23.5 Å². The molecular formula is C19H18F3N7O2S. The molecule has 1 atom stereocenters. The van der Waals surface area contributed by atoms with Crippen molar-refractivity contribution in [2.75, 3.05) is 4.72 Å². The van der Waals surface area contributed by atoms with Crippen LogP contribution in [0.15, 0.2) is 22.4 Å². The van der Waals surface area contributed by atoms with Crippen LogP contribution in [0.4, 0.5) is 42.1 Å². The minimum Gasteiger partial charge on any atom is -0.373 e. The topological polar surface area (TPSA) is 97.4 Å². The van der Waals surface area contributed by atoms with E-state index in [4.69, 9.17) is 13.1 Å². The monoisotopic (exact) mass is 465 g/mol. The average Bonchev–Trinajstić information content (AvgIpc) is 3.30. The molecule has 0 saturated carbocycles. The maximum absolute atomic E-state index is 13.0. The molecule has 9 nitrogen and oxygen atoms in total. The van der Waals surface area contributed by atoms with E-state index in [9.17, 15) is 21.6 Å². The Labute approximate surface area is 182 Å². The van der Waals surface area contributed by atoms with Gasteiger partial charge in [0.25, 0.3) is 11.6 Å². The Bertz CT molecular complexity index is 1270. The molecule has 0 saturated heterocycles. The number of nitrogens with zero attached hydrogens (tertiary/aromatic N) is 6. The molecule has 1 heterocycles. The number of nitrogens with one attached hydrogen (secondary N) is 1. The Morgan fingerprint density at radius 3 is 2.53 bits per heavy atom. The molecule has 168 valence electrons. The Hall–Kier alpha value is -3.45. The van der Waals surface area contributed by atoms with E-state index in [0.29, 0.717) is 6.42 Å². The number of azo groups is 1. The molecule has 0 fully saturated rings. The molecule has 0 bridgehead atoms. The SMILES string of the molecule is [C-]#[N+]c1nc(N=Nc2cc3c(cc2NS(=O)(=O)C(F)(F)F)C(CC)CC3)n(CC)c1[N+]#[C-]. The molecule has 0 spiro atoms. The summed E-state index contributed by atoms with van der Waals surface area (Å²) in [7, 11) is -5.67. The number of hydrogen-bond acceptors (Lipinski definition) is 5. The van der Waals surface area contributed by atoms with Crippen LogP contribution in [0, 0.1) is 13.1 Å². The van der Waals surface area contributed by atoms with Crippen LogP contribution in [0.2, 0.25) is 0 Å². The summed E-state index contributed by atoms with van der Waals surface area (Å²) in [6.45, 7) is 18.3. The Balaban J connectivity index is 2.12. The van der Waals surface area contributed by atoms with Crippen molar-refractivity contribution in [3.8, 4) is 0 Å². The van der Waals surface area contributed by atoms with Gasteiger partial charge in [-0.25, -0.2) is 4.57 Å². The van der Waals surface area contributed by atoms with Crippen LogP contribution in [0.25, 0.3) is 9.69 Å². The van der Waals surface area contributed by atoms with Gasteiger partial charge in [0.1, 0.15) is 5.69 Å². The first-order valence-electron chi connectivity index (χ1n) is 9.59. The Kier molecular flexibility index (Phi) is 6.23. The largest absolute Gasteiger partial charge is 0.516 e. The number of halogens is 3. The van der Waals surface area contributed by atoms with Crippen molar-refractivity contribution >= 4 is 39.0 Å². The number of anilines is 1. The fraction of sp³-hybridized carbons (Fsp3) is 0.421. The van der Waals surface area contributed by atoms with Gasteiger partial charge >= 0.3 is 21.5 Å². The number of imidazole rings is 1. The lowest BCUT2D eigenvalue weighted by molar-refractivity contribution is -0.0429. The van der Waals surface area contributed by atoms with Crippen molar-refractivity contribution in [2.45, 2.75) is 51.1 Å². The number of hydrogen-bond donors (Lipinski definition) is 1. The molecule has 0 amide bonds. The van der Waals surface area contributed by atoms with Gasteiger partial charge in [-0.15, -0.1) is 5.11 Å². The summed E-state index contributed by atoms with van der Waals surface area (Å²) in [6, 6.07) is 2.88. The van der Waals surface area contributed by atoms with E-state index in [0.717, 1.165) is 24.0 Å².